The Bertz CT molecular complexity index is 981. The Kier molecular flexibility index (Phi) is 5.72. The molecule has 160 valence electrons. The molecule has 4 rings (SSSR count). The van der Waals surface area contributed by atoms with Crippen molar-refractivity contribution in [1.29, 1.82) is 0 Å². The zero-order chi connectivity index (χ0) is 21.3. The molecule has 1 amide bonds. The standard InChI is InChI=1S/C21H26FN5O3/c1-14-12-25(21(29)16-7-17(22)11-23-10-16)3-4-27(14)19-8-18(9-20(28)24-19)26-5-6-30-13-15(26)2/h7-11,14-15H,3-6,12-13H2,1-2H3,(H,24,28)/t14?,15-/m1/s1. The van der Waals surface area contributed by atoms with E-state index in [-0.39, 0.29) is 29.1 Å². The van der Waals surface area contributed by atoms with Crippen LogP contribution in [0.5, 0.6) is 0 Å². The van der Waals surface area contributed by atoms with Crippen LogP contribution in [0.4, 0.5) is 15.9 Å². The van der Waals surface area contributed by atoms with Crippen LogP contribution in [0.15, 0.2) is 35.4 Å². The molecule has 0 radical (unpaired) electrons. The van der Waals surface area contributed by atoms with E-state index in [1.807, 2.05) is 13.0 Å². The van der Waals surface area contributed by atoms with Gasteiger partial charge in [-0.1, -0.05) is 0 Å². The van der Waals surface area contributed by atoms with E-state index in [0.29, 0.717) is 32.8 Å². The number of carbonyl (C=O) groups is 1. The van der Waals surface area contributed by atoms with Gasteiger partial charge in [0.2, 0.25) is 0 Å². The fraction of sp³-hybridized carbons (Fsp3) is 0.476. The summed E-state index contributed by atoms with van der Waals surface area (Å²) in [5, 5.41) is 0. The van der Waals surface area contributed by atoms with E-state index in [1.54, 1.807) is 11.0 Å². The number of pyridine rings is 2. The summed E-state index contributed by atoms with van der Waals surface area (Å²) in [6.07, 6.45) is 2.46. The topological polar surface area (TPSA) is 81.8 Å². The lowest BCUT2D eigenvalue weighted by Gasteiger charge is -2.41. The summed E-state index contributed by atoms with van der Waals surface area (Å²) in [7, 11) is 0. The summed E-state index contributed by atoms with van der Waals surface area (Å²) in [4.78, 5) is 37.8. The average Bonchev–Trinajstić information content (AvgIpc) is 2.73. The molecule has 2 fully saturated rings. The molecule has 30 heavy (non-hydrogen) atoms. The molecule has 9 heteroatoms. The monoisotopic (exact) mass is 415 g/mol. The van der Waals surface area contributed by atoms with Crippen molar-refractivity contribution in [3.63, 3.8) is 0 Å². The maximum atomic E-state index is 13.4. The van der Waals surface area contributed by atoms with E-state index < -0.39 is 5.82 Å². The predicted octanol–water partition coefficient (Wildman–Crippen LogP) is 1.48. The van der Waals surface area contributed by atoms with Gasteiger partial charge in [-0.3, -0.25) is 14.6 Å². The Morgan fingerprint density at radius 3 is 2.70 bits per heavy atom. The first-order valence-electron chi connectivity index (χ1n) is 10.2. The smallest absolute Gasteiger partial charge is 0.255 e. The molecule has 0 aliphatic carbocycles. The van der Waals surface area contributed by atoms with Gasteiger partial charge in [-0.2, -0.15) is 0 Å². The van der Waals surface area contributed by atoms with Gasteiger partial charge in [-0.15, -0.1) is 0 Å². The number of nitrogens with zero attached hydrogens (tertiary/aromatic N) is 4. The molecule has 0 spiro atoms. The lowest BCUT2D eigenvalue weighted by molar-refractivity contribution is 0.0725. The molecule has 2 saturated heterocycles. The highest BCUT2D eigenvalue weighted by Crippen LogP contribution is 2.25. The summed E-state index contributed by atoms with van der Waals surface area (Å²) in [5.74, 6) is -0.0274. The number of H-pyrrole nitrogens is 1. The number of amides is 1. The number of rotatable bonds is 3. The Labute approximate surface area is 174 Å². The van der Waals surface area contributed by atoms with Crippen molar-refractivity contribution in [2.24, 2.45) is 0 Å². The molecule has 2 atom stereocenters. The summed E-state index contributed by atoms with van der Waals surface area (Å²) in [6, 6.07) is 4.99. The minimum Gasteiger partial charge on any atom is -0.377 e. The summed E-state index contributed by atoms with van der Waals surface area (Å²) in [6.45, 7) is 7.60. The number of halogens is 1. The predicted molar refractivity (Wildman–Crippen MR) is 112 cm³/mol. The molecule has 8 nitrogen and oxygen atoms in total. The molecule has 2 aromatic rings. The van der Waals surface area contributed by atoms with Gasteiger partial charge in [-0.05, 0) is 19.9 Å². The molecule has 0 aromatic carbocycles. The average molecular weight is 415 g/mol. The van der Waals surface area contributed by atoms with E-state index in [2.05, 4.69) is 26.7 Å². The second-order valence-electron chi connectivity index (χ2n) is 7.89. The maximum absolute atomic E-state index is 13.4. The van der Waals surface area contributed by atoms with Gasteiger partial charge in [0.1, 0.15) is 11.6 Å². The van der Waals surface area contributed by atoms with Crippen molar-refractivity contribution < 1.29 is 13.9 Å². The number of hydrogen-bond donors (Lipinski definition) is 1. The van der Waals surface area contributed by atoms with Gasteiger partial charge in [-0.25, -0.2) is 4.39 Å². The van der Waals surface area contributed by atoms with E-state index in [0.717, 1.165) is 24.2 Å². The third-order valence-electron chi connectivity index (χ3n) is 5.69. The maximum Gasteiger partial charge on any atom is 0.255 e. The van der Waals surface area contributed by atoms with Gasteiger partial charge in [0.05, 0.1) is 25.0 Å². The molecule has 0 saturated carbocycles. The largest absolute Gasteiger partial charge is 0.377 e. The van der Waals surface area contributed by atoms with Crippen molar-refractivity contribution in [3.8, 4) is 0 Å². The van der Waals surface area contributed by atoms with E-state index in [1.165, 1.54) is 12.3 Å². The summed E-state index contributed by atoms with van der Waals surface area (Å²) in [5.41, 5.74) is 0.964. The zero-order valence-electron chi connectivity index (χ0n) is 17.2. The fourth-order valence-corrected chi connectivity index (χ4v) is 4.16. The SMILES string of the molecule is CC1CN(C(=O)c2cncc(F)c2)CCN1c1cc(N2CCOC[C@H]2C)cc(=O)[nH]1. The second-order valence-corrected chi connectivity index (χ2v) is 7.89. The first kappa shape index (κ1) is 20.3. The third kappa shape index (κ3) is 4.16. The summed E-state index contributed by atoms with van der Waals surface area (Å²) < 4.78 is 18.9. The van der Waals surface area contributed by atoms with Crippen molar-refractivity contribution in [2.75, 3.05) is 49.2 Å². The molecular weight excluding hydrogens is 389 g/mol. The highest BCUT2D eigenvalue weighted by Gasteiger charge is 2.29. The van der Waals surface area contributed by atoms with Gasteiger partial charge in [0, 0.05) is 62.3 Å². The minimum absolute atomic E-state index is 0.0165. The number of piperazine rings is 1. The van der Waals surface area contributed by atoms with Crippen LogP contribution in [-0.4, -0.2) is 72.3 Å². The Hall–Kier alpha value is -2.94. The molecule has 2 aromatic heterocycles. The van der Waals surface area contributed by atoms with E-state index in [4.69, 9.17) is 4.74 Å². The quantitative estimate of drug-likeness (QED) is 0.818. The molecule has 0 bridgehead atoms. The number of carbonyl (C=O) groups excluding carboxylic acids is 1. The second kappa shape index (κ2) is 8.43. The third-order valence-corrected chi connectivity index (χ3v) is 5.69. The molecule has 4 heterocycles. The van der Waals surface area contributed by atoms with Gasteiger partial charge >= 0.3 is 0 Å². The van der Waals surface area contributed by atoms with Gasteiger partial charge in [0.15, 0.2) is 0 Å². The van der Waals surface area contributed by atoms with Crippen LogP contribution >= 0.6 is 0 Å². The van der Waals surface area contributed by atoms with Crippen LogP contribution in [0.3, 0.4) is 0 Å². The van der Waals surface area contributed by atoms with Crippen molar-refractivity contribution in [1.82, 2.24) is 14.9 Å². The van der Waals surface area contributed by atoms with Crippen LogP contribution in [0.1, 0.15) is 24.2 Å². The fourth-order valence-electron chi connectivity index (χ4n) is 4.16. The summed E-state index contributed by atoms with van der Waals surface area (Å²) >= 11 is 0. The molecule has 2 aliphatic heterocycles. The van der Waals surface area contributed by atoms with Crippen LogP contribution in [0, 0.1) is 5.82 Å². The van der Waals surface area contributed by atoms with Gasteiger partial charge in [0.25, 0.3) is 11.5 Å². The number of hydrogen-bond acceptors (Lipinski definition) is 6. The van der Waals surface area contributed by atoms with Crippen LogP contribution in [-0.2, 0) is 4.74 Å². The first-order valence-corrected chi connectivity index (χ1v) is 10.2. The van der Waals surface area contributed by atoms with Crippen molar-refractivity contribution in [2.45, 2.75) is 25.9 Å². The molecular formula is C21H26FN5O3. The lowest BCUT2D eigenvalue weighted by Crippen LogP contribution is -2.54. The zero-order valence-corrected chi connectivity index (χ0v) is 17.2. The van der Waals surface area contributed by atoms with Crippen LogP contribution in [0.2, 0.25) is 0 Å². The number of nitrogens with one attached hydrogen (secondary N) is 1. The highest BCUT2D eigenvalue weighted by molar-refractivity contribution is 5.94. The molecule has 1 N–H and O–H groups in total. The van der Waals surface area contributed by atoms with Crippen molar-refractivity contribution in [3.05, 3.63) is 52.3 Å². The Morgan fingerprint density at radius 2 is 1.97 bits per heavy atom. The van der Waals surface area contributed by atoms with E-state index >= 15 is 0 Å². The molecule has 2 aliphatic rings. The lowest BCUT2D eigenvalue weighted by atomic mass is 10.1. The Morgan fingerprint density at radius 1 is 1.13 bits per heavy atom. The Balaban J connectivity index is 1.51. The van der Waals surface area contributed by atoms with E-state index in [9.17, 15) is 14.0 Å². The molecule has 1 unspecified atom stereocenters. The normalized spacial score (nSPS) is 22.3. The first-order chi connectivity index (χ1) is 14.4. The number of aromatic nitrogens is 2. The van der Waals surface area contributed by atoms with Crippen LogP contribution in [0.25, 0.3) is 0 Å². The number of morpholine rings is 1. The van der Waals surface area contributed by atoms with Crippen LogP contribution < -0.4 is 15.4 Å². The number of ether oxygens (including phenoxy) is 1. The van der Waals surface area contributed by atoms with Gasteiger partial charge < -0.3 is 24.4 Å². The number of anilines is 2. The highest BCUT2D eigenvalue weighted by atomic mass is 19.1. The minimum atomic E-state index is -0.528. The van der Waals surface area contributed by atoms with Crippen molar-refractivity contribution >= 4 is 17.4 Å². The number of aromatic amines is 1.